The Morgan fingerprint density at radius 1 is 1.50 bits per heavy atom. The number of rotatable bonds is 5. The highest BCUT2D eigenvalue weighted by molar-refractivity contribution is 7.13. The first-order valence-electron chi connectivity index (χ1n) is 6.14. The quantitative estimate of drug-likeness (QED) is 0.768. The molecule has 2 heterocycles. The van der Waals surface area contributed by atoms with Gasteiger partial charge in [-0.25, -0.2) is 4.79 Å². The van der Waals surface area contributed by atoms with Gasteiger partial charge in [-0.05, 0) is 31.5 Å². The summed E-state index contributed by atoms with van der Waals surface area (Å²) < 4.78 is 9.96. The summed E-state index contributed by atoms with van der Waals surface area (Å²) in [5.74, 6) is -0.249. The first kappa shape index (κ1) is 13.5. The molecule has 0 aromatic carbocycles. The van der Waals surface area contributed by atoms with Crippen molar-refractivity contribution in [3.63, 3.8) is 0 Å². The topological polar surface area (TPSA) is 38.8 Å². The van der Waals surface area contributed by atoms with Crippen molar-refractivity contribution in [1.82, 2.24) is 4.90 Å². The van der Waals surface area contributed by atoms with Gasteiger partial charge in [-0.15, -0.1) is 11.3 Å². The van der Waals surface area contributed by atoms with Gasteiger partial charge in [0.25, 0.3) is 0 Å². The van der Waals surface area contributed by atoms with E-state index in [0.29, 0.717) is 10.9 Å². The standard InChI is InChI=1S/C13H19NO3S/c1-16-9-10-4-3-7-14(10)8-11-5-6-12(18-11)13(15)17-2/h5-6,10H,3-4,7-9H2,1-2H3/t10-/m0/s1. The zero-order valence-corrected chi connectivity index (χ0v) is 11.7. The number of esters is 1. The predicted molar refractivity (Wildman–Crippen MR) is 71.0 cm³/mol. The minimum absolute atomic E-state index is 0.249. The number of ether oxygens (including phenoxy) is 2. The average molecular weight is 269 g/mol. The van der Waals surface area contributed by atoms with Gasteiger partial charge in [-0.3, -0.25) is 4.90 Å². The Bertz CT molecular complexity index is 405. The second-order valence-electron chi connectivity index (χ2n) is 4.48. The zero-order chi connectivity index (χ0) is 13.0. The first-order valence-corrected chi connectivity index (χ1v) is 6.96. The molecule has 0 unspecified atom stereocenters. The van der Waals surface area contributed by atoms with Crippen molar-refractivity contribution in [2.24, 2.45) is 0 Å². The van der Waals surface area contributed by atoms with E-state index in [4.69, 9.17) is 9.47 Å². The normalized spacial score (nSPS) is 20.2. The number of carbonyl (C=O) groups is 1. The molecular weight excluding hydrogens is 250 g/mol. The third-order valence-corrected chi connectivity index (χ3v) is 4.32. The molecule has 0 radical (unpaired) electrons. The van der Waals surface area contributed by atoms with E-state index in [0.717, 1.165) is 19.7 Å². The molecule has 1 atom stereocenters. The molecule has 1 aliphatic rings. The van der Waals surface area contributed by atoms with E-state index < -0.39 is 0 Å². The van der Waals surface area contributed by atoms with Crippen LogP contribution < -0.4 is 0 Å². The summed E-state index contributed by atoms with van der Waals surface area (Å²) in [6.45, 7) is 2.80. The molecule has 2 rings (SSSR count). The van der Waals surface area contributed by atoms with Crippen molar-refractivity contribution in [2.45, 2.75) is 25.4 Å². The lowest BCUT2D eigenvalue weighted by Gasteiger charge is -2.22. The van der Waals surface area contributed by atoms with Crippen LogP contribution in [0.1, 0.15) is 27.4 Å². The van der Waals surface area contributed by atoms with Gasteiger partial charge in [0.1, 0.15) is 4.88 Å². The van der Waals surface area contributed by atoms with Crippen LogP contribution in [0.15, 0.2) is 12.1 Å². The summed E-state index contributed by atoms with van der Waals surface area (Å²) in [5, 5.41) is 0. The monoisotopic (exact) mass is 269 g/mol. The molecule has 4 nitrogen and oxygen atoms in total. The first-order chi connectivity index (χ1) is 8.74. The summed E-state index contributed by atoms with van der Waals surface area (Å²) >= 11 is 1.52. The Hall–Kier alpha value is -0.910. The molecule has 1 saturated heterocycles. The smallest absolute Gasteiger partial charge is 0.348 e. The van der Waals surface area contributed by atoms with E-state index >= 15 is 0 Å². The van der Waals surface area contributed by atoms with Gasteiger partial charge in [-0.1, -0.05) is 0 Å². The van der Waals surface area contributed by atoms with Crippen LogP contribution in [0.3, 0.4) is 0 Å². The Kier molecular flexibility index (Phi) is 4.74. The van der Waals surface area contributed by atoms with E-state index in [2.05, 4.69) is 4.90 Å². The Balaban J connectivity index is 1.96. The molecule has 18 heavy (non-hydrogen) atoms. The van der Waals surface area contributed by atoms with Crippen molar-refractivity contribution in [3.05, 3.63) is 21.9 Å². The van der Waals surface area contributed by atoms with Crippen LogP contribution in [0, 0.1) is 0 Å². The van der Waals surface area contributed by atoms with E-state index in [1.807, 2.05) is 12.1 Å². The summed E-state index contributed by atoms with van der Waals surface area (Å²) in [6.07, 6.45) is 2.42. The van der Waals surface area contributed by atoms with Gasteiger partial charge in [0.05, 0.1) is 13.7 Å². The summed E-state index contributed by atoms with van der Waals surface area (Å²) in [6, 6.07) is 4.37. The van der Waals surface area contributed by atoms with Crippen molar-refractivity contribution < 1.29 is 14.3 Å². The van der Waals surface area contributed by atoms with Crippen molar-refractivity contribution in [3.8, 4) is 0 Å². The SMILES string of the molecule is COC[C@@H]1CCCN1Cc1ccc(C(=O)OC)s1. The minimum atomic E-state index is -0.249. The molecule has 1 aromatic rings. The van der Waals surface area contributed by atoms with Crippen molar-refractivity contribution >= 4 is 17.3 Å². The molecule has 1 aromatic heterocycles. The van der Waals surface area contributed by atoms with Crippen molar-refractivity contribution in [2.75, 3.05) is 27.4 Å². The number of thiophene rings is 1. The molecule has 100 valence electrons. The van der Waals surface area contributed by atoms with E-state index in [9.17, 15) is 4.79 Å². The molecule has 0 bridgehead atoms. The number of hydrogen-bond donors (Lipinski definition) is 0. The molecule has 0 N–H and O–H groups in total. The van der Waals surface area contributed by atoms with E-state index in [1.54, 1.807) is 7.11 Å². The van der Waals surface area contributed by atoms with Gasteiger partial charge in [0.2, 0.25) is 0 Å². The van der Waals surface area contributed by atoms with Crippen LogP contribution in [-0.2, 0) is 16.0 Å². The van der Waals surface area contributed by atoms with Gasteiger partial charge in [0, 0.05) is 24.6 Å². The number of hydrogen-bond acceptors (Lipinski definition) is 5. The number of nitrogens with zero attached hydrogens (tertiary/aromatic N) is 1. The fraction of sp³-hybridized carbons (Fsp3) is 0.615. The van der Waals surface area contributed by atoms with E-state index in [1.165, 1.54) is 36.2 Å². The summed E-state index contributed by atoms with van der Waals surface area (Å²) in [7, 11) is 3.16. The maximum absolute atomic E-state index is 11.4. The Morgan fingerprint density at radius 3 is 3.06 bits per heavy atom. The fourth-order valence-electron chi connectivity index (χ4n) is 2.36. The zero-order valence-electron chi connectivity index (χ0n) is 10.8. The number of carbonyl (C=O) groups excluding carboxylic acids is 1. The van der Waals surface area contributed by atoms with Gasteiger partial charge >= 0.3 is 5.97 Å². The molecule has 0 amide bonds. The highest BCUT2D eigenvalue weighted by Crippen LogP contribution is 2.24. The van der Waals surface area contributed by atoms with E-state index in [-0.39, 0.29) is 5.97 Å². The number of methoxy groups -OCH3 is 2. The second kappa shape index (κ2) is 6.31. The maximum atomic E-state index is 11.4. The van der Waals surface area contributed by atoms with Crippen LogP contribution in [0.2, 0.25) is 0 Å². The summed E-state index contributed by atoms with van der Waals surface area (Å²) in [4.78, 5) is 15.7. The van der Waals surface area contributed by atoms with Crippen LogP contribution >= 0.6 is 11.3 Å². The molecule has 1 fully saturated rings. The van der Waals surface area contributed by atoms with Crippen LogP contribution in [0.4, 0.5) is 0 Å². The maximum Gasteiger partial charge on any atom is 0.348 e. The molecule has 0 aliphatic carbocycles. The predicted octanol–water partition coefficient (Wildman–Crippen LogP) is 2.15. The Morgan fingerprint density at radius 2 is 2.33 bits per heavy atom. The average Bonchev–Trinajstić information content (AvgIpc) is 3.00. The highest BCUT2D eigenvalue weighted by atomic mass is 32.1. The van der Waals surface area contributed by atoms with Gasteiger partial charge in [-0.2, -0.15) is 0 Å². The number of likely N-dealkylation sites (tertiary alicyclic amines) is 1. The molecule has 1 aliphatic heterocycles. The lowest BCUT2D eigenvalue weighted by Crippen LogP contribution is -2.32. The lowest BCUT2D eigenvalue weighted by atomic mass is 10.2. The summed E-state index contributed by atoms with van der Waals surface area (Å²) in [5.41, 5.74) is 0. The van der Waals surface area contributed by atoms with Gasteiger partial charge < -0.3 is 9.47 Å². The fourth-order valence-corrected chi connectivity index (χ4v) is 3.31. The third-order valence-electron chi connectivity index (χ3n) is 3.27. The Labute approximate surface area is 111 Å². The minimum Gasteiger partial charge on any atom is -0.465 e. The van der Waals surface area contributed by atoms with Crippen molar-refractivity contribution in [1.29, 1.82) is 0 Å². The third kappa shape index (κ3) is 3.10. The van der Waals surface area contributed by atoms with Gasteiger partial charge in [0.15, 0.2) is 0 Å². The molecular formula is C13H19NO3S. The molecule has 5 heteroatoms. The molecule has 0 spiro atoms. The second-order valence-corrected chi connectivity index (χ2v) is 5.65. The lowest BCUT2D eigenvalue weighted by molar-refractivity contribution is 0.0606. The highest BCUT2D eigenvalue weighted by Gasteiger charge is 2.24. The van der Waals surface area contributed by atoms with Crippen LogP contribution in [0.5, 0.6) is 0 Å². The molecule has 0 saturated carbocycles. The van der Waals surface area contributed by atoms with Crippen LogP contribution in [-0.4, -0.2) is 44.3 Å². The largest absolute Gasteiger partial charge is 0.465 e. The van der Waals surface area contributed by atoms with Crippen LogP contribution in [0.25, 0.3) is 0 Å².